The summed E-state index contributed by atoms with van der Waals surface area (Å²) in [7, 11) is 0. The minimum absolute atomic E-state index is 0.186. The Morgan fingerprint density at radius 2 is 1.68 bits per heavy atom. The van der Waals surface area contributed by atoms with Crippen LogP contribution in [0.25, 0.3) is 27.8 Å². The molecule has 5 rings (SSSR count). The van der Waals surface area contributed by atoms with Crippen LogP contribution in [-0.4, -0.2) is 24.8 Å². The monoisotopic (exact) mass is 373 g/mol. The Morgan fingerprint density at radius 3 is 2.54 bits per heavy atom. The Morgan fingerprint density at radius 1 is 0.821 bits per heavy atom. The highest BCUT2D eigenvalue weighted by Gasteiger charge is 2.40. The van der Waals surface area contributed by atoms with Gasteiger partial charge in [0.15, 0.2) is 5.65 Å². The fourth-order valence-electron chi connectivity index (χ4n) is 3.15. The van der Waals surface area contributed by atoms with Gasteiger partial charge in [-0.25, -0.2) is 0 Å². The van der Waals surface area contributed by atoms with Crippen LogP contribution in [0.4, 0.5) is 8.78 Å². The van der Waals surface area contributed by atoms with Crippen LogP contribution in [0, 0.1) is 0 Å². The summed E-state index contributed by atoms with van der Waals surface area (Å²) in [5.41, 5.74) is 2.11. The predicted octanol–water partition coefficient (Wildman–Crippen LogP) is 4.48. The van der Waals surface area contributed by atoms with E-state index in [2.05, 4.69) is 20.3 Å². The third-order valence-corrected chi connectivity index (χ3v) is 4.58. The molecule has 0 saturated carbocycles. The van der Waals surface area contributed by atoms with Crippen molar-refractivity contribution in [1.82, 2.24) is 24.8 Å². The molecule has 7 heteroatoms. The van der Waals surface area contributed by atoms with Gasteiger partial charge < -0.3 is 0 Å². The number of halogens is 2. The van der Waals surface area contributed by atoms with E-state index in [1.54, 1.807) is 36.5 Å². The molecule has 0 unspecified atom stereocenters. The van der Waals surface area contributed by atoms with Crippen LogP contribution >= 0.6 is 0 Å². The van der Waals surface area contributed by atoms with Crippen molar-refractivity contribution in [3.05, 3.63) is 90.4 Å². The second-order valence-electron chi connectivity index (χ2n) is 6.36. The minimum Gasteiger partial charge on any atom is -0.256 e. The Bertz CT molecular complexity index is 1300. The zero-order valence-corrected chi connectivity index (χ0v) is 14.5. The Balaban J connectivity index is 1.66. The number of aromatic nitrogens is 5. The number of pyridine rings is 1. The van der Waals surface area contributed by atoms with E-state index in [-0.39, 0.29) is 11.2 Å². The third-order valence-electron chi connectivity index (χ3n) is 4.58. The number of nitrogens with zero attached hydrogens (tertiary/aromatic N) is 5. The lowest BCUT2D eigenvalue weighted by molar-refractivity contribution is 0.0307. The van der Waals surface area contributed by atoms with Gasteiger partial charge in [0, 0.05) is 22.7 Å². The van der Waals surface area contributed by atoms with Crippen LogP contribution in [0.5, 0.6) is 0 Å². The summed E-state index contributed by atoms with van der Waals surface area (Å²) < 4.78 is 31.8. The van der Waals surface area contributed by atoms with Crippen LogP contribution in [0.15, 0.2) is 79.0 Å². The first-order valence-corrected chi connectivity index (χ1v) is 8.64. The normalized spacial score (nSPS) is 11.9. The molecule has 0 atom stereocenters. The van der Waals surface area contributed by atoms with Gasteiger partial charge >= 0.3 is 5.92 Å². The molecule has 2 aromatic carbocycles. The molecule has 0 amide bonds. The number of benzene rings is 2. The van der Waals surface area contributed by atoms with E-state index in [9.17, 15) is 0 Å². The topological polar surface area (TPSA) is 56.0 Å². The van der Waals surface area contributed by atoms with E-state index in [4.69, 9.17) is 0 Å². The first-order valence-electron chi connectivity index (χ1n) is 8.64. The van der Waals surface area contributed by atoms with E-state index in [0.29, 0.717) is 16.6 Å². The molecule has 0 aliphatic carbocycles. The Kier molecular flexibility index (Phi) is 3.61. The van der Waals surface area contributed by atoms with Gasteiger partial charge in [0.2, 0.25) is 5.82 Å². The molecule has 5 aromatic rings. The van der Waals surface area contributed by atoms with Crippen molar-refractivity contribution in [2.75, 3.05) is 0 Å². The second kappa shape index (κ2) is 6.16. The molecule has 3 aromatic heterocycles. The molecule has 0 spiro atoms. The van der Waals surface area contributed by atoms with Crippen LogP contribution in [0.3, 0.4) is 0 Å². The van der Waals surface area contributed by atoms with E-state index in [1.165, 1.54) is 12.1 Å². The number of fused-ring (bicyclic) bond motifs is 2. The zero-order valence-electron chi connectivity index (χ0n) is 14.5. The van der Waals surface area contributed by atoms with Crippen molar-refractivity contribution < 1.29 is 8.78 Å². The summed E-state index contributed by atoms with van der Waals surface area (Å²) in [6.45, 7) is 0. The summed E-state index contributed by atoms with van der Waals surface area (Å²) in [4.78, 5) is 4.17. The summed E-state index contributed by atoms with van der Waals surface area (Å²) >= 11 is 0. The van der Waals surface area contributed by atoms with Gasteiger partial charge in [-0.1, -0.05) is 42.5 Å². The average Bonchev–Trinajstić information content (AvgIpc) is 3.18. The molecule has 0 saturated heterocycles. The summed E-state index contributed by atoms with van der Waals surface area (Å²) in [6, 6.07) is 20.5. The first-order chi connectivity index (χ1) is 13.6. The van der Waals surface area contributed by atoms with Gasteiger partial charge in [-0.05, 0) is 30.3 Å². The number of hydrogen-bond donors (Lipinski definition) is 0. The minimum atomic E-state index is -3.37. The van der Waals surface area contributed by atoms with E-state index in [0.717, 1.165) is 10.1 Å². The van der Waals surface area contributed by atoms with E-state index < -0.39 is 11.7 Å². The van der Waals surface area contributed by atoms with Gasteiger partial charge in [-0.15, -0.1) is 10.2 Å². The maximum absolute atomic E-state index is 15.3. The van der Waals surface area contributed by atoms with Crippen molar-refractivity contribution in [2.45, 2.75) is 5.92 Å². The summed E-state index contributed by atoms with van der Waals surface area (Å²) in [5, 5.41) is 12.6. The lowest BCUT2D eigenvalue weighted by Gasteiger charge is -2.15. The third kappa shape index (κ3) is 2.60. The molecule has 0 radical (unpaired) electrons. The SMILES string of the molecule is FC(F)(c1ccc2ncccc2c1)c1nnc2ccc(-c3ccccc3)nn12. The average molecular weight is 373 g/mol. The van der Waals surface area contributed by atoms with Gasteiger partial charge in [-0.3, -0.25) is 4.98 Å². The lowest BCUT2D eigenvalue weighted by atomic mass is 10.0. The Hall–Kier alpha value is -3.74. The quantitative estimate of drug-likeness (QED) is 0.468. The molecular formula is C21H13F2N5. The van der Waals surface area contributed by atoms with Crippen molar-refractivity contribution in [2.24, 2.45) is 0 Å². The fourth-order valence-corrected chi connectivity index (χ4v) is 3.15. The molecule has 0 bridgehead atoms. The van der Waals surface area contributed by atoms with Crippen molar-refractivity contribution in [3.63, 3.8) is 0 Å². The lowest BCUT2D eigenvalue weighted by Crippen LogP contribution is -2.20. The predicted molar refractivity (Wildman–Crippen MR) is 101 cm³/mol. The van der Waals surface area contributed by atoms with Gasteiger partial charge in [0.05, 0.1) is 11.2 Å². The molecule has 136 valence electrons. The van der Waals surface area contributed by atoms with Crippen molar-refractivity contribution in [3.8, 4) is 11.3 Å². The van der Waals surface area contributed by atoms with Crippen LogP contribution in [0.1, 0.15) is 11.4 Å². The zero-order chi connectivity index (χ0) is 19.1. The summed E-state index contributed by atoms with van der Waals surface area (Å²) in [6.07, 6.45) is 1.63. The molecule has 0 fully saturated rings. The largest absolute Gasteiger partial charge is 0.333 e. The molecule has 5 nitrogen and oxygen atoms in total. The smallest absolute Gasteiger partial charge is 0.256 e. The highest BCUT2D eigenvalue weighted by atomic mass is 19.3. The van der Waals surface area contributed by atoms with Crippen molar-refractivity contribution in [1.29, 1.82) is 0 Å². The van der Waals surface area contributed by atoms with E-state index in [1.807, 2.05) is 30.3 Å². The van der Waals surface area contributed by atoms with E-state index >= 15 is 8.78 Å². The Labute approximate surface area is 158 Å². The van der Waals surface area contributed by atoms with Crippen molar-refractivity contribution >= 4 is 16.6 Å². The number of rotatable bonds is 3. The van der Waals surface area contributed by atoms with Crippen LogP contribution in [0.2, 0.25) is 0 Å². The molecule has 3 heterocycles. The first kappa shape index (κ1) is 16.4. The van der Waals surface area contributed by atoms with Crippen LogP contribution in [-0.2, 0) is 5.92 Å². The second-order valence-corrected chi connectivity index (χ2v) is 6.36. The highest BCUT2D eigenvalue weighted by Crippen LogP contribution is 2.35. The maximum atomic E-state index is 15.3. The maximum Gasteiger partial charge on any atom is 0.333 e. The fraction of sp³-hybridized carbons (Fsp3) is 0.0476. The van der Waals surface area contributed by atoms with Gasteiger partial charge in [0.25, 0.3) is 0 Å². The van der Waals surface area contributed by atoms with Gasteiger partial charge in [-0.2, -0.15) is 18.4 Å². The molecule has 0 N–H and O–H groups in total. The highest BCUT2D eigenvalue weighted by molar-refractivity contribution is 5.79. The molecule has 0 aliphatic heterocycles. The standard InChI is InChI=1S/C21H13F2N5/c22-21(23,16-8-9-17-15(13-16)7-4-12-24-17)20-26-25-19-11-10-18(27-28(19)20)14-5-2-1-3-6-14/h1-13H. The van der Waals surface area contributed by atoms with Crippen LogP contribution < -0.4 is 0 Å². The molecular weight excluding hydrogens is 360 g/mol. The number of alkyl halides is 2. The van der Waals surface area contributed by atoms with Gasteiger partial charge in [0.1, 0.15) is 0 Å². The number of hydrogen-bond acceptors (Lipinski definition) is 4. The summed E-state index contributed by atoms with van der Waals surface area (Å²) in [5.74, 6) is -3.89. The molecule has 0 aliphatic rings. The molecule has 28 heavy (non-hydrogen) atoms.